The Hall–Kier alpha value is -3.40. The first kappa shape index (κ1) is 21.3. The molecule has 0 atom stereocenters. The van der Waals surface area contributed by atoms with Crippen LogP contribution in [0.25, 0.3) is 0 Å². The highest BCUT2D eigenvalue weighted by atomic mass is 14.6. The summed E-state index contributed by atoms with van der Waals surface area (Å²) in [5, 5.41) is 0. The molecule has 0 saturated heterocycles. The molecular formula is C26H28N4. The lowest BCUT2D eigenvalue weighted by Gasteiger charge is -2.01. The van der Waals surface area contributed by atoms with Crippen molar-refractivity contribution in [3.63, 3.8) is 0 Å². The topological polar surface area (TPSA) is 51.6 Å². The first-order valence-electron chi connectivity index (χ1n) is 10.5. The Morgan fingerprint density at radius 3 is 0.733 bits per heavy atom. The molecule has 0 spiro atoms. The van der Waals surface area contributed by atoms with E-state index in [1.54, 1.807) is 0 Å². The average molecular weight is 397 g/mol. The molecule has 0 aromatic carbocycles. The molecule has 0 unspecified atom stereocenters. The van der Waals surface area contributed by atoms with Crippen molar-refractivity contribution < 1.29 is 0 Å². The Morgan fingerprint density at radius 1 is 0.333 bits per heavy atom. The zero-order chi connectivity index (χ0) is 20.7. The van der Waals surface area contributed by atoms with Gasteiger partial charge in [-0.2, -0.15) is 0 Å². The lowest BCUT2D eigenvalue weighted by Crippen LogP contribution is -1.90. The van der Waals surface area contributed by atoms with Gasteiger partial charge in [-0.05, 0) is 109 Å². The van der Waals surface area contributed by atoms with Crippen LogP contribution in [0.1, 0.15) is 35.1 Å². The highest BCUT2D eigenvalue weighted by molar-refractivity contribution is 5.14. The molecule has 4 nitrogen and oxygen atoms in total. The summed E-state index contributed by atoms with van der Waals surface area (Å²) in [7, 11) is 0. The molecule has 0 bridgehead atoms. The lowest BCUT2D eigenvalue weighted by atomic mass is 10.1. The van der Waals surface area contributed by atoms with Crippen molar-refractivity contribution in [2.75, 3.05) is 0 Å². The summed E-state index contributed by atoms with van der Waals surface area (Å²) in [6, 6.07) is 16.6. The third-order valence-electron chi connectivity index (χ3n) is 4.86. The second-order valence-electron chi connectivity index (χ2n) is 7.13. The molecule has 4 rings (SSSR count). The molecule has 0 saturated carbocycles. The molecule has 4 aromatic rings. The van der Waals surface area contributed by atoms with Crippen molar-refractivity contribution in [3.8, 4) is 0 Å². The largest absolute Gasteiger partial charge is 0.265 e. The van der Waals surface area contributed by atoms with Crippen LogP contribution in [0.2, 0.25) is 0 Å². The third-order valence-corrected chi connectivity index (χ3v) is 4.86. The number of aryl methyl sites for hydroxylation is 4. The Balaban J connectivity index is 0.000000171. The second-order valence-corrected chi connectivity index (χ2v) is 7.13. The molecule has 4 aromatic heterocycles. The van der Waals surface area contributed by atoms with E-state index in [-0.39, 0.29) is 0 Å². The van der Waals surface area contributed by atoms with E-state index in [0.717, 1.165) is 25.7 Å². The fraction of sp³-hybridized carbons (Fsp3) is 0.231. The van der Waals surface area contributed by atoms with Crippen molar-refractivity contribution in [2.24, 2.45) is 0 Å². The van der Waals surface area contributed by atoms with Crippen LogP contribution in [0.5, 0.6) is 0 Å². The molecule has 4 heterocycles. The SMILES string of the molecule is c1cc(CCCc2ccncc2)ccn1.c1cc(CCCc2ccncc2)ccn1. The van der Waals surface area contributed by atoms with Crippen LogP contribution in [0.15, 0.2) is 98.1 Å². The van der Waals surface area contributed by atoms with Crippen LogP contribution in [-0.2, 0) is 25.7 Å². The molecule has 0 aliphatic carbocycles. The fourth-order valence-corrected chi connectivity index (χ4v) is 3.19. The van der Waals surface area contributed by atoms with Crippen molar-refractivity contribution in [2.45, 2.75) is 38.5 Å². The molecule has 0 aliphatic rings. The second kappa shape index (κ2) is 12.9. The van der Waals surface area contributed by atoms with Crippen molar-refractivity contribution in [3.05, 3.63) is 120 Å². The molecule has 0 fully saturated rings. The van der Waals surface area contributed by atoms with E-state index in [1.807, 2.05) is 49.6 Å². The van der Waals surface area contributed by atoms with Gasteiger partial charge in [-0.25, -0.2) is 0 Å². The standard InChI is InChI=1S/2C13H14N2/c2*1(2-12-4-8-14-9-5-12)3-13-6-10-15-11-7-13/h2*4-11H,1-3H2. The first-order chi connectivity index (χ1) is 14.9. The van der Waals surface area contributed by atoms with Gasteiger partial charge in [0.05, 0.1) is 0 Å². The van der Waals surface area contributed by atoms with Gasteiger partial charge in [-0.1, -0.05) is 0 Å². The highest BCUT2D eigenvalue weighted by Crippen LogP contribution is 2.07. The van der Waals surface area contributed by atoms with Crippen molar-refractivity contribution >= 4 is 0 Å². The van der Waals surface area contributed by atoms with E-state index in [2.05, 4.69) is 68.5 Å². The van der Waals surface area contributed by atoms with Crippen LogP contribution in [-0.4, -0.2) is 19.9 Å². The first-order valence-corrected chi connectivity index (χ1v) is 10.5. The zero-order valence-electron chi connectivity index (χ0n) is 17.3. The molecule has 152 valence electrons. The third kappa shape index (κ3) is 8.31. The van der Waals surface area contributed by atoms with E-state index in [4.69, 9.17) is 0 Å². The van der Waals surface area contributed by atoms with Crippen LogP contribution in [0.3, 0.4) is 0 Å². The van der Waals surface area contributed by atoms with Crippen molar-refractivity contribution in [1.29, 1.82) is 0 Å². The minimum Gasteiger partial charge on any atom is -0.265 e. The average Bonchev–Trinajstić information content (AvgIpc) is 2.82. The molecule has 0 amide bonds. The van der Waals surface area contributed by atoms with Crippen LogP contribution in [0.4, 0.5) is 0 Å². The van der Waals surface area contributed by atoms with Gasteiger partial charge < -0.3 is 0 Å². The summed E-state index contributed by atoms with van der Waals surface area (Å²) in [5.41, 5.74) is 5.44. The van der Waals surface area contributed by atoms with Gasteiger partial charge in [0, 0.05) is 49.6 Å². The predicted molar refractivity (Wildman–Crippen MR) is 121 cm³/mol. The summed E-state index contributed by atoms with van der Waals surface area (Å²) >= 11 is 0. The van der Waals surface area contributed by atoms with Gasteiger partial charge in [0.25, 0.3) is 0 Å². The van der Waals surface area contributed by atoms with Gasteiger partial charge in [-0.15, -0.1) is 0 Å². The smallest absolute Gasteiger partial charge is 0.0270 e. The number of rotatable bonds is 8. The molecule has 0 N–H and O–H groups in total. The maximum atomic E-state index is 4.00. The molecule has 0 aliphatic heterocycles. The minimum atomic E-state index is 1.12. The Morgan fingerprint density at radius 2 is 0.533 bits per heavy atom. The zero-order valence-corrected chi connectivity index (χ0v) is 17.3. The number of pyridine rings is 4. The monoisotopic (exact) mass is 396 g/mol. The van der Waals surface area contributed by atoms with Gasteiger partial charge >= 0.3 is 0 Å². The van der Waals surface area contributed by atoms with Gasteiger partial charge in [-0.3, -0.25) is 19.9 Å². The van der Waals surface area contributed by atoms with Crippen molar-refractivity contribution in [1.82, 2.24) is 19.9 Å². The van der Waals surface area contributed by atoms with Crippen LogP contribution >= 0.6 is 0 Å². The predicted octanol–water partition coefficient (Wildman–Crippen LogP) is 5.30. The molecular weight excluding hydrogens is 368 g/mol. The summed E-state index contributed by atoms with van der Waals surface area (Å²) < 4.78 is 0. The van der Waals surface area contributed by atoms with Crippen LogP contribution in [0, 0.1) is 0 Å². The molecule has 30 heavy (non-hydrogen) atoms. The van der Waals surface area contributed by atoms with E-state index >= 15 is 0 Å². The summed E-state index contributed by atoms with van der Waals surface area (Å²) in [6.45, 7) is 0. The van der Waals surface area contributed by atoms with E-state index in [0.29, 0.717) is 0 Å². The quantitative estimate of drug-likeness (QED) is 0.405. The normalized spacial score (nSPS) is 10.1. The van der Waals surface area contributed by atoms with E-state index in [1.165, 1.54) is 35.1 Å². The molecule has 4 heteroatoms. The van der Waals surface area contributed by atoms with Gasteiger partial charge in [0.2, 0.25) is 0 Å². The lowest BCUT2D eigenvalue weighted by molar-refractivity contribution is 0.817. The number of hydrogen-bond acceptors (Lipinski definition) is 4. The Labute approximate surface area is 179 Å². The number of nitrogens with zero attached hydrogens (tertiary/aromatic N) is 4. The fourth-order valence-electron chi connectivity index (χ4n) is 3.19. The maximum absolute atomic E-state index is 4.00. The summed E-state index contributed by atoms with van der Waals surface area (Å²) in [5.74, 6) is 0. The number of aromatic nitrogens is 4. The minimum absolute atomic E-state index is 1.12. The summed E-state index contributed by atoms with van der Waals surface area (Å²) in [6.07, 6.45) is 21.6. The van der Waals surface area contributed by atoms with Gasteiger partial charge in [0.15, 0.2) is 0 Å². The Kier molecular flexibility index (Phi) is 9.19. The van der Waals surface area contributed by atoms with E-state index < -0.39 is 0 Å². The Bertz CT molecular complexity index is 770. The highest BCUT2D eigenvalue weighted by Gasteiger charge is 1.95. The van der Waals surface area contributed by atoms with E-state index in [9.17, 15) is 0 Å². The summed E-state index contributed by atoms with van der Waals surface area (Å²) in [4.78, 5) is 16.0. The number of hydrogen-bond donors (Lipinski definition) is 0. The van der Waals surface area contributed by atoms with Crippen LogP contribution < -0.4 is 0 Å². The molecule has 0 radical (unpaired) electrons. The van der Waals surface area contributed by atoms with Gasteiger partial charge in [0.1, 0.15) is 0 Å². The maximum Gasteiger partial charge on any atom is 0.0270 e.